The maximum atomic E-state index is 13.2. The number of hydrogen-bond donors (Lipinski definition) is 1. The van der Waals surface area contributed by atoms with E-state index in [1.165, 1.54) is 11.1 Å². The van der Waals surface area contributed by atoms with E-state index in [-0.39, 0.29) is 30.3 Å². The second-order valence-electron chi connectivity index (χ2n) is 7.93. The van der Waals surface area contributed by atoms with Gasteiger partial charge in [-0.2, -0.15) is 0 Å². The van der Waals surface area contributed by atoms with Gasteiger partial charge in [-0.1, -0.05) is 43.3 Å². The molecule has 30 heavy (non-hydrogen) atoms. The normalized spacial score (nSPS) is 19.0. The number of nitrogens with one attached hydrogen (secondary N) is 1. The molecule has 4 rings (SSSR count). The van der Waals surface area contributed by atoms with Crippen LogP contribution in [0.3, 0.4) is 0 Å². The van der Waals surface area contributed by atoms with E-state index in [0.717, 1.165) is 38.0 Å². The lowest BCUT2D eigenvalue weighted by Gasteiger charge is -2.36. The van der Waals surface area contributed by atoms with E-state index in [2.05, 4.69) is 36.5 Å². The molecule has 160 valence electrons. The van der Waals surface area contributed by atoms with Gasteiger partial charge in [0, 0.05) is 44.7 Å². The van der Waals surface area contributed by atoms with E-state index in [1.807, 2.05) is 34.1 Å². The van der Waals surface area contributed by atoms with Gasteiger partial charge >= 0.3 is 0 Å². The SMILES string of the molecule is CCc1ccc(C2CNCCN2C(=O)c2ccc(CN3CCCC3=O)cc2)cc1.Cl. The highest BCUT2D eigenvalue weighted by atomic mass is 35.5. The second kappa shape index (κ2) is 10.1. The van der Waals surface area contributed by atoms with Gasteiger partial charge in [-0.3, -0.25) is 9.59 Å². The number of likely N-dealkylation sites (tertiary alicyclic amines) is 1. The highest BCUT2D eigenvalue weighted by molar-refractivity contribution is 5.94. The van der Waals surface area contributed by atoms with Crippen LogP contribution in [0.1, 0.15) is 52.9 Å². The number of halogens is 1. The molecular formula is C24H30ClN3O2. The highest BCUT2D eigenvalue weighted by Gasteiger charge is 2.28. The van der Waals surface area contributed by atoms with Gasteiger partial charge in [0.25, 0.3) is 5.91 Å². The molecule has 0 aromatic heterocycles. The maximum absolute atomic E-state index is 13.2. The van der Waals surface area contributed by atoms with E-state index in [0.29, 0.717) is 25.1 Å². The Balaban J connectivity index is 0.00000256. The summed E-state index contributed by atoms with van der Waals surface area (Å²) < 4.78 is 0. The fraction of sp³-hybridized carbons (Fsp3) is 0.417. The number of carbonyl (C=O) groups excluding carboxylic acids is 2. The molecule has 1 atom stereocenters. The first kappa shape index (κ1) is 22.3. The third-order valence-electron chi connectivity index (χ3n) is 6.02. The van der Waals surface area contributed by atoms with Crippen LogP contribution in [0.25, 0.3) is 0 Å². The van der Waals surface area contributed by atoms with Crippen LogP contribution in [0.5, 0.6) is 0 Å². The topological polar surface area (TPSA) is 52.7 Å². The van der Waals surface area contributed by atoms with E-state index in [9.17, 15) is 9.59 Å². The van der Waals surface area contributed by atoms with E-state index in [1.54, 1.807) is 0 Å². The molecule has 2 aliphatic heterocycles. The predicted octanol–water partition coefficient (Wildman–Crippen LogP) is 3.58. The van der Waals surface area contributed by atoms with Gasteiger partial charge in [-0.15, -0.1) is 12.4 Å². The standard InChI is InChI=1S/C24H29N3O2.ClH/c1-2-18-5-9-20(10-6-18)22-16-25-13-15-27(22)24(29)21-11-7-19(8-12-21)17-26-14-3-4-23(26)28;/h5-12,22,25H,2-4,13-17H2,1H3;1H. The lowest BCUT2D eigenvalue weighted by molar-refractivity contribution is -0.128. The molecule has 0 bridgehead atoms. The summed E-state index contributed by atoms with van der Waals surface area (Å²) in [6.07, 6.45) is 2.61. The Morgan fingerprint density at radius 1 is 1.03 bits per heavy atom. The molecule has 2 aromatic rings. The molecule has 2 saturated heterocycles. The van der Waals surface area contributed by atoms with Crippen LogP contribution in [0.15, 0.2) is 48.5 Å². The average molecular weight is 428 g/mol. The zero-order chi connectivity index (χ0) is 20.2. The summed E-state index contributed by atoms with van der Waals surface area (Å²) in [6.45, 7) is 5.89. The van der Waals surface area contributed by atoms with Crippen LogP contribution < -0.4 is 5.32 Å². The van der Waals surface area contributed by atoms with Crippen LogP contribution in [0.2, 0.25) is 0 Å². The van der Waals surface area contributed by atoms with E-state index in [4.69, 9.17) is 0 Å². The van der Waals surface area contributed by atoms with Crippen molar-refractivity contribution in [3.05, 3.63) is 70.8 Å². The van der Waals surface area contributed by atoms with Crippen molar-refractivity contribution in [2.75, 3.05) is 26.2 Å². The van der Waals surface area contributed by atoms with Crippen molar-refractivity contribution >= 4 is 24.2 Å². The molecule has 6 heteroatoms. The van der Waals surface area contributed by atoms with Gasteiger partial charge in [0.15, 0.2) is 0 Å². The molecule has 2 aromatic carbocycles. The van der Waals surface area contributed by atoms with Crippen LogP contribution in [-0.4, -0.2) is 47.8 Å². The van der Waals surface area contributed by atoms with Gasteiger partial charge in [0.05, 0.1) is 6.04 Å². The molecule has 1 N–H and O–H groups in total. The molecule has 2 fully saturated rings. The summed E-state index contributed by atoms with van der Waals surface area (Å²) >= 11 is 0. The number of piperazine rings is 1. The molecule has 2 aliphatic rings. The fourth-order valence-corrected chi connectivity index (χ4v) is 4.23. The van der Waals surface area contributed by atoms with Crippen LogP contribution in [0.4, 0.5) is 0 Å². The van der Waals surface area contributed by atoms with E-state index < -0.39 is 0 Å². The molecule has 2 heterocycles. The molecule has 0 aliphatic carbocycles. The number of hydrogen-bond acceptors (Lipinski definition) is 3. The van der Waals surface area contributed by atoms with Crippen molar-refractivity contribution in [3.63, 3.8) is 0 Å². The van der Waals surface area contributed by atoms with Gasteiger partial charge in [0.1, 0.15) is 0 Å². The van der Waals surface area contributed by atoms with Gasteiger partial charge in [0.2, 0.25) is 5.91 Å². The fourth-order valence-electron chi connectivity index (χ4n) is 4.23. The van der Waals surface area contributed by atoms with Crippen LogP contribution >= 0.6 is 12.4 Å². The minimum Gasteiger partial charge on any atom is -0.338 e. The van der Waals surface area contributed by atoms with Gasteiger partial charge in [-0.05, 0) is 41.7 Å². The first-order valence-corrected chi connectivity index (χ1v) is 10.6. The molecule has 2 amide bonds. The zero-order valence-corrected chi connectivity index (χ0v) is 18.3. The van der Waals surface area contributed by atoms with Gasteiger partial charge in [-0.25, -0.2) is 0 Å². The smallest absolute Gasteiger partial charge is 0.254 e. The third kappa shape index (κ3) is 4.85. The highest BCUT2D eigenvalue weighted by Crippen LogP contribution is 2.25. The third-order valence-corrected chi connectivity index (χ3v) is 6.02. The molecular weight excluding hydrogens is 398 g/mol. The minimum absolute atomic E-state index is 0. The summed E-state index contributed by atoms with van der Waals surface area (Å²) in [6, 6.07) is 16.4. The monoisotopic (exact) mass is 427 g/mol. The quantitative estimate of drug-likeness (QED) is 0.793. The summed E-state index contributed by atoms with van der Waals surface area (Å²) in [7, 11) is 0. The zero-order valence-electron chi connectivity index (χ0n) is 17.5. The lowest BCUT2D eigenvalue weighted by atomic mass is 9.99. The summed E-state index contributed by atoms with van der Waals surface area (Å²) in [5.74, 6) is 0.294. The first-order chi connectivity index (χ1) is 14.2. The summed E-state index contributed by atoms with van der Waals surface area (Å²) in [5.41, 5.74) is 4.26. The first-order valence-electron chi connectivity index (χ1n) is 10.6. The van der Waals surface area contributed by atoms with E-state index >= 15 is 0 Å². The van der Waals surface area contributed by atoms with Crippen molar-refractivity contribution in [1.29, 1.82) is 0 Å². The number of benzene rings is 2. The Morgan fingerprint density at radius 3 is 2.37 bits per heavy atom. The predicted molar refractivity (Wildman–Crippen MR) is 121 cm³/mol. The Bertz CT molecular complexity index is 867. The van der Waals surface area contributed by atoms with Crippen molar-refractivity contribution in [3.8, 4) is 0 Å². The number of rotatable bonds is 5. The van der Waals surface area contributed by atoms with Crippen LogP contribution in [0, 0.1) is 0 Å². The maximum Gasteiger partial charge on any atom is 0.254 e. The van der Waals surface area contributed by atoms with Crippen molar-refractivity contribution in [1.82, 2.24) is 15.1 Å². The molecule has 5 nitrogen and oxygen atoms in total. The summed E-state index contributed by atoms with van der Waals surface area (Å²) in [4.78, 5) is 29.0. The Labute approximate surface area is 184 Å². The Hall–Kier alpha value is -2.37. The number of aryl methyl sites for hydroxylation is 1. The van der Waals surface area contributed by atoms with Crippen LogP contribution in [-0.2, 0) is 17.8 Å². The largest absolute Gasteiger partial charge is 0.338 e. The molecule has 0 saturated carbocycles. The summed E-state index contributed by atoms with van der Waals surface area (Å²) in [5, 5.41) is 3.42. The van der Waals surface area contributed by atoms with Gasteiger partial charge < -0.3 is 15.1 Å². The number of nitrogens with zero attached hydrogens (tertiary/aromatic N) is 2. The molecule has 1 unspecified atom stereocenters. The average Bonchev–Trinajstić information content (AvgIpc) is 3.18. The Kier molecular flexibility index (Phi) is 7.51. The minimum atomic E-state index is 0. The number of amides is 2. The molecule has 0 spiro atoms. The lowest BCUT2D eigenvalue weighted by Crippen LogP contribution is -2.48. The molecule has 0 radical (unpaired) electrons. The van der Waals surface area contributed by atoms with Crippen molar-refractivity contribution in [2.45, 2.75) is 38.8 Å². The van der Waals surface area contributed by atoms with Crippen molar-refractivity contribution in [2.24, 2.45) is 0 Å². The Morgan fingerprint density at radius 2 is 1.73 bits per heavy atom. The second-order valence-corrected chi connectivity index (χ2v) is 7.93. The number of carbonyl (C=O) groups is 2. The van der Waals surface area contributed by atoms with Crippen molar-refractivity contribution < 1.29 is 9.59 Å².